The fourth-order valence-electron chi connectivity index (χ4n) is 3.93. The van der Waals surface area contributed by atoms with Crippen molar-refractivity contribution in [2.24, 2.45) is 0 Å². The first kappa shape index (κ1) is 19.8. The molecule has 0 aliphatic carbocycles. The molecule has 2 aromatic carbocycles. The number of H-pyrrole nitrogens is 1. The molecular formula is C25H24FN3O. The normalized spacial score (nSPS) is 12.1. The van der Waals surface area contributed by atoms with E-state index in [0.717, 1.165) is 28.5 Å². The van der Waals surface area contributed by atoms with E-state index in [-0.39, 0.29) is 24.1 Å². The summed E-state index contributed by atoms with van der Waals surface area (Å²) < 4.78 is 14.7. The molecule has 0 bridgehead atoms. The Morgan fingerprint density at radius 2 is 1.87 bits per heavy atom. The van der Waals surface area contributed by atoms with E-state index >= 15 is 0 Å². The maximum absolute atomic E-state index is 14.7. The summed E-state index contributed by atoms with van der Waals surface area (Å²) in [7, 11) is 0. The number of halogens is 1. The molecule has 1 amide bonds. The van der Waals surface area contributed by atoms with E-state index in [2.05, 4.69) is 28.3 Å². The Morgan fingerprint density at radius 3 is 2.63 bits per heavy atom. The molecule has 0 saturated heterocycles. The van der Waals surface area contributed by atoms with Crippen LogP contribution < -0.4 is 5.32 Å². The molecule has 0 fully saturated rings. The third kappa shape index (κ3) is 4.10. The van der Waals surface area contributed by atoms with Gasteiger partial charge in [-0.2, -0.15) is 0 Å². The minimum absolute atomic E-state index is 0.124. The van der Waals surface area contributed by atoms with Crippen LogP contribution in [0.2, 0.25) is 0 Å². The van der Waals surface area contributed by atoms with Crippen LogP contribution in [0, 0.1) is 5.82 Å². The van der Waals surface area contributed by atoms with Gasteiger partial charge in [0.2, 0.25) is 5.91 Å². The van der Waals surface area contributed by atoms with Crippen molar-refractivity contribution in [1.29, 1.82) is 0 Å². The number of aromatic nitrogens is 2. The highest BCUT2D eigenvalue weighted by Crippen LogP contribution is 2.35. The molecule has 0 aliphatic heterocycles. The number of hydrogen-bond donors (Lipinski definition) is 2. The number of nitrogens with one attached hydrogen (secondary N) is 2. The van der Waals surface area contributed by atoms with Gasteiger partial charge in [-0.15, -0.1) is 0 Å². The summed E-state index contributed by atoms with van der Waals surface area (Å²) in [6, 6.07) is 16.5. The van der Waals surface area contributed by atoms with Crippen molar-refractivity contribution in [2.75, 3.05) is 0 Å². The Kier molecular flexibility index (Phi) is 5.89. The van der Waals surface area contributed by atoms with Crippen LogP contribution in [0.15, 0.2) is 73.2 Å². The standard InChI is InChI=1S/C25H24FN3O/c1-2-18-6-5-8-20-22(16-29-25(18)20)21(19-7-3-4-9-23(19)26)14-24(30)28-15-17-10-12-27-13-11-17/h3-13,16,21,29H,2,14-15H2,1H3,(H,28,30)/t21-/m0/s1. The van der Waals surface area contributed by atoms with Gasteiger partial charge < -0.3 is 10.3 Å². The average Bonchev–Trinajstić information content (AvgIpc) is 3.21. The lowest BCUT2D eigenvalue weighted by molar-refractivity contribution is -0.121. The van der Waals surface area contributed by atoms with Gasteiger partial charge in [0.1, 0.15) is 5.82 Å². The molecular weight excluding hydrogens is 377 g/mol. The van der Waals surface area contributed by atoms with Crippen LogP contribution in [0.1, 0.15) is 41.5 Å². The van der Waals surface area contributed by atoms with Gasteiger partial charge in [-0.1, -0.05) is 43.3 Å². The first-order chi connectivity index (χ1) is 14.7. The molecule has 5 heteroatoms. The van der Waals surface area contributed by atoms with Gasteiger partial charge in [0.15, 0.2) is 0 Å². The van der Waals surface area contributed by atoms with Gasteiger partial charge in [-0.25, -0.2) is 4.39 Å². The lowest BCUT2D eigenvalue weighted by Gasteiger charge is -2.18. The molecule has 2 aromatic heterocycles. The molecule has 0 saturated carbocycles. The highest BCUT2D eigenvalue weighted by atomic mass is 19.1. The van der Waals surface area contributed by atoms with Crippen molar-refractivity contribution in [3.8, 4) is 0 Å². The molecule has 2 heterocycles. The van der Waals surface area contributed by atoms with E-state index < -0.39 is 0 Å². The summed E-state index contributed by atoms with van der Waals surface area (Å²) in [6.45, 7) is 2.52. The van der Waals surface area contributed by atoms with Crippen LogP contribution in [0.3, 0.4) is 0 Å². The number of hydrogen-bond acceptors (Lipinski definition) is 2. The minimum atomic E-state index is -0.385. The third-order valence-corrected chi connectivity index (χ3v) is 5.50. The van der Waals surface area contributed by atoms with Crippen LogP contribution in [-0.4, -0.2) is 15.9 Å². The van der Waals surface area contributed by atoms with E-state index in [1.807, 2.05) is 36.5 Å². The second-order valence-corrected chi connectivity index (χ2v) is 7.35. The molecule has 0 unspecified atom stereocenters. The van der Waals surface area contributed by atoms with E-state index in [4.69, 9.17) is 0 Å². The molecule has 0 radical (unpaired) electrons. The van der Waals surface area contributed by atoms with Gasteiger partial charge in [0.05, 0.1) is 0 Å². The minimum Gasteiger partial charge on any atom is -0.361 e. The summed E-state index contributed by atoms with van der Waals surface area (Å²) in [5.74, 6) is -0.809. The zero-order valence-corrected chi connectivity index (χ0v) is 16.9. The van der Waals surface area contributed by atoms with Gasteiger partial charge in [0, 0.05) is 48.4 Å². The van der Waals surface area contributed by atoms with Gasteiger partial charge in [-0.05, 0) is 46.9 Å². The third-order valence-electron chi connectivity index (χ3n) is 5.50. The molecule has 4 aromatic rings. The summed E-state index contributed by atoms with van der Waals surface area (Å²) in [5, 5.41) is 3.98. The Hall–Kier alpha value is -3.47. The fourth-order valence-corrected chi connectivity index (χ4v) is 3.93. The Morgan fingerprint density at radius 1 is 1.07 bits per heavy atom. The number of fused-ring (bicyclic) bond motifs is 1. The van der Waals surface area contributed by atoms with Crippen molar-refractivity contribution in [1.82, 2.24) is 15.3 Å². The second-order valence-electron chi connectivity index (χ2n) is 7.35. The fraction of sp³-hybridized carbons (Fsp3) is 0.200. The van der Waals surface area contributed by atoms with Gasteiger partial charge >= 0.3 is 0 Å². The largest absolute Gasteiger partial charge is 0.361 e. The molecule has 0 spiro atoms. The quantitative estimate of drug-likeness (QED) is 0.452. The predicted molar refractivity (Wildman–Crippen MR) is 117 cm³/mol. The van der Waals surface area contributed by atoms with Crippen molar-refractivity contribution in [3.05, 3.63) is 101 Å². The van der Waals surface area contributed by atoms with Crippen molar-refractivity contribution in [2.45, 2.75) is 32.2 Å². The van der Waals surface area contributed by atoms with E-state index in [1.165, 1.54) is 11.6 Å². The molecule has 1 atom stereocenters. The molecule has 4 nitrogen and oxygen atoms in total. The zero-order chi connectivity index (χ0) is 20.9. The van der Waals surface area contributed by atoms with E-state index in [9.17, 15) is 9.18 Å². The summed E-state index contributed by atoms with van der Waals surface area (Å²) in [5.41, 5.74) is 4.69. The van der Waals surface area contributed by atoms with Crippen LogP contribution in [-0.2, 0) is 17.8 Å². The Labute approximate surface area is 175 Å². The topological polar surface area (TPSA) is 57.8 Å². The number of nitrogens with zero attached hydrogens (tertiary/aromatic N) is 1. The first-order valence-corrected chi connectivity index (χ1v) is 10.2. The van der Waals surface area contributed by atoms with Gasteiger partial charge in [-0.3, -0.25) is 9.78 Å². The highest BCUT2D eigenvalue weighted by Gasteiger charge is 2.24. The summed E-state index contributed by atoms with van der Waals surface area (Å²) in [6.07, 6.45) is 6.36. The average molecular weight is 401 g/mol. The molecule has 30 heavy (non-hydrogen) atoms. The van der Waals surface area contributed by atoms with E-state index in [1.54, 1.807) is 24.5 Å². The lowest BCUT2D eigenvalue weighted by Crippen LogP contribution is -2.25. The number of rotatable bonds is 7. The van der Waals surface area contributed by atoms with E-state index in [0.29, 0.717) is 12.1 Å². The first-order valence-electron chi connectivity index (χ1n) is 10.2. The number of benzene rings is 2. The van der Waals surface area contributed by atoms with Crippen LogP contribution >= 0.6 is 0 Å². The zero-order valence-electron chi connectivity index (χ0n) is 16.9. The summed E-state index contributed by atoms with van der Waals surface area (Å²) >= 11 is 0. The second kappa shape index (κ2) is 8.91. The maximum Gasteiger partial charge on any atom is 0.221 e. The SMILES string of the molecule is CCc1cccc2c([C@@H](CC(=O)NCc3ccncc3)c3ccccc3F)c[nH]c12. The number of pyridine rings is 1. The maximum atomic E-state index is 14.7. The summed E-state index contributed by atoms with van der Waals surface area (Å²) in [4.78, 5) is 20.1. The molecule has 0 aliphatic rings. The molecule has 2 N–H and O–H groups in total. The van der Waals surface area contributed by atoms with Crippen LogP contribution in [0.25, 0.3) is 10.9 Å². The number of aromatic amines is 1. The smallest absolute Gasteiger partial charge is 0.221 e. The molecule has 152 valence electrons. The molecule has 4 rings (SSSR count). The van der Waals surface area contributed by atoms with Crippen molar-refractivity contribution >= 4 is 16.8 Å². The number of para-hydroxylation sites is 1. The predicted octanol–water partition coefficient (Wildman–Crippen LogP) is 5.10. The number of amides is 1. The number of aryl methyl sites for hydroxylation is 1. The highest BCUT2D eigenvalue weighted by molar-refractivity contribution is 5.88. The monoisotopic (exact) mass is 401 g/mol. The van der Waals surface area contributed by atoms with Crippen molar-refractivity contribution < 1.29 is 9.18 Å². The number of carbonyl (C=O) groups excluding carboxylic acids is 1. The Balaban J connectivity index is 1.66. The van der Waals surface area contributed by atoms with Crippen LogP contribution in [0.4, 0.5) is 4.39 Å². The van der Waals surface area contributed by atoms with Crippen LogP contribution in [0.5, 0.6) is 0 Å². The van der Waals surface area contributed by atoms with Crippen molar-refractivity contribution in [3.63, 3.8) is 0 Å². The Bertz CT molecular complexity index is 1150. The number of carbonyl (C=O) groups is 1. The lowest BCUT2D eigenvalue weighted by atomic mass is 9.87. The van der Waals surface area contributed by atoms with Gasteiger partial charge in [0.25, 0.3) is 0 Å².